The normalized spacial score (nSPS) is 10.1. The molecule has 2 aromatic rings. The van der Waals surface area contributed by atoms with E-state index in [2.05, 4.69) is 9.97 Å². The first-order chi connectivity index (χ1) is 8.79. The third-order valence-corrected chi connectivity index (χ3v) is 2.39. The molecule has 2 heterocycles. The van der Waals surface area contributed by atoms with Crippen molar-refractivity contribution in [1.82, 2.24) is 9.97 Å². The van der Waals surface area contributed by atoms with Gasteiger partial charge in [-0.3, -0.25) is 4.98 Å². The Balaban J connectivity index is 1.91. The van der Waals surface area contributed by atoms with Crippen molar-refractivity contribution >= 4 is 5.69 Å². The molecule has 0 aliphatic rings. The topological polar surface area (TPSA) is 70.3 Å². The zero-order valence-corrected chi connectivity index (χ0v) is 10.2. The molecule has 0 saturated carbocycles. The standard InChI is InChI=1S/C13H15N3O2/c1-17-13-11(14)5-6-12(16-13)18-9-7-10-4-2-3-8-15-10/h2-6,8H,7,9,14H2,1H3. The van der Waals surface area contributed by atoms with Gasteiger partial charge in [0.05, 0.1) is 19.4 Å². The Labute approximate surface area is 106 Å². The van der Waals surface area contributed by atoms with E-state index in [0.29, 0.717) is 24.1 Å². The van der Waals surface area contributed by atoms with Crippen molar-refractivity contribution in [2.75, 3.05) is 19.5 Å². The van der Waals surface area contributed by atoms with Crippen LogP contribution >= 0.6 is 0 Å². The second-order valence-corrected chi connectivity index (χ2v) is 3.67. The van der Waals surface area contributed by atoms with Crippen molar-refractivity contribution in [2.24, 2.45) is 0 Å². The Morgan fingerprint density at radius 2 is 2.11 bits per heavy atom. The molecule has 0 fully saturated rings. The summed E-state index contributed by atoms with van der Waals surface area (Å²) in [5.74, 6) is 0.877. The summed E-state index contributed by atoms with van der Waals surface area (Å²) in [7, 11) is 1.52. The summed E-state index contributed by atoms with van der Waals surface area (Å²) in [5, 5.41) is 0. The maximum Gasteiger partial charge on any atom is 0.240 e. The van der Waals surface area contributed by atoms with E-state index in [1.807, 2.05) is 18.2 Å². The van der Waals surface area contributed by atoms with E-state index in [1.165, 1.54) is 7.11 Å². The second-order valence-electron chi connectivity index (χ2n) is 3.67. The van der Waals surface area contributed by atoms with E-state index in [9.17, 15) is 0 Å². The van der Waals surface area contributed by atoms with E-state index in [1.54, 1.807) is 18.3 Å². The van der Waals surface area contributed by atoms with Crippen molar-refractivity contribution in [1.29, 1.82) is 0 Å². The Morgan fingerprint density at radius 3 is 2.83 bits per heavy atom. The summed E-state index contributed by atoms with van der Waals surface area (Å²) in [6.07, 6.45) is 2.50. The number of aromatic nitrogens is 2. The van der Waals surface area contributed by atoms with Crippen LogP contribution < -0.4 is 15.2 Å². The average Bonchev–Trinajstić information content (AvgIpc) is 2.42. The van der Waals surface area contributed by atoms with Crippen LogP contribution in [0.2, 0.25) is 0 Å². The van der Waals surface area contributed by atoms with Crippen molar-refractivity contribution in [3.63, 3.8) is 0 Å². The fourth-order valence-electron chi connectivity index (χ4n) is 1.48. The van der Waals surface area contributed by atoms with Crippen LogP contribution in [0.25, 0.3) is 0 Å². The highest BCUT2D eigenvalue weighted by Gasteiger charge is 2.03. The van der Waals surface area contributed by atoms with Crippen LogP contribution in [0.3, 0.4) is 0 Å². The molecule has 2 N–H and O–H groups in total. The third-order valence-electron chi connectivity index (χ3n) is 2.39. The molecule has 0 saturated heterocycles. The molecular formula is C13H15N3O2. The van der Waals surface area contributed by atoms with Crippen LogP contribution in [0, 0.1) is 0 Å². The van der Waals surface area contributed by atoms with E-state index < -0.39 is 0 Å². The number of anilines is 1. The monoisotopic (exact) mass is 245 g/mol. The molecule has 2 rings (SSSR count). The zero-order chi connectivity index (χ0) is 12.8. The summed E-state index contributed by atoms with van der Waals surface area (Å²) >= 11 is 0. The van der Waals surface area contributed by atoms with Gasteiger partial charge in [0.1, 0.15) is 0 Å². The van der Waals surface area contributed by atoms with Crippen LogP contribution in [0.15, 0.2) is 36.5 Å². The largest absolute Gasteiger partial charge is 0.479 e. The molecular weight excluding hydrogens is 230 g/mol. The fourth-order valence-corrected chi connectivity index (χ4v) is 1.48. The SMILES string of the molecule is COc1nc(OCCc2ccccn2)ccc1N. The van der Waals surface area contributed by atoms with E-state index in [-0.39, 0.29) is 0 Å². The summed E-state index contributed by atoms with van der Waals surface area (Å²) < 4.78 is 10.5. The number of ether oxygens (including phenoxy) is 2. The van der Waals surface area contributed by atoms with Gasteiger partial charge in [-0.2, -0.15) is 4.98 Å². The number of pyridine rings is 2. The van der Waals surface area contributed by atoms with E-state index in [4.69, 9.17) is 15.2 Å². The molecule has 0 aromatic carbocycles. The Kier molecular flexibility index (Phi) is 3.96. The molecule has 2 aromatic heterocycles. The van der Waals surface area contributed by atoms with Gasteiger partial charge in [-0.05, 0) is 18.2 Å². The Bertz CT molecular complexity index is 503. The number of nitrogens with two attached hydrogens (primary N) is 1. The van der Waals surface area contributed by atoms with Gasteiger partial charge in [0, 0.05) is 24.4 Å². The maximum atomic E-state index is 5.67. The van der Waals surface area contributed by atoms with Crippen LogP contribution in [0.1, 0.15) is 5.69 Å². The lowest BCUT2D eigenvalue weighted by atomic mass is 10.3. The van der Waals surface area contributed by atoms with Gasteiger partial charge in [-0.15, -0.1) is 0 Å². The van der Waals surface area contributed by atoms with Gasteiger partial charge in [-0.1, -0.05) is 6.07 Å². The number of rotatable bonds is 5. The minimum absolute atomic E-state index is 0.380. The molecule has 0 radical (unpaired) electrons. The first-order valence-corrected chi connectivity index (χ1v) is 5.63. The number of nitrogen functional groups attached to an aromatic ring is 1. The van der Waals surface area contributed by atoms with Gasteiger partial charge in [-0.25, -0.2) is 0 Å². The summed E-state index contributed by atoms with van der Waals surface area (Å²) in [6, 6.07) is 9.22. The lowest BCUT2D eigenvalue weighted by molar-refractivity contribution is 0.300. The van der Waals surface area contributed by atoms with Gasteiger partial charge in [0.25, 0.3) is 0 Å². The van der Waals surface area contributed by atoms with Crippen LogP contribution in [-0.4, -0.2) is 23.7 Å². The minimum Gasteiger partial charge on any atom is -0.479 e. The summed E-state index contributed by atoms with van der Waals surface area (Å²) in [5.41, 5.74) is 7.15. The van der Waals surface area contributed by atoms with Crippen molar-refractivity contribution in [2.45, 2.75) is 6.42 Å². The molecule has 18 heavy (non-hydrogen) atoms. The highest BCUT2D eigenvalue weighted by Crippen LogP contribution is 2.21. The fraction of sp³-hybridized carbons (Fsp3) is 0.231. The zero-order valence-electron chi connectivity index (χ0n) is 10.2. The summed E-state index contributed by atoms with van der Waals surface area (Å²) in [4.78, 5) is 8.34. The number of hydrogen-bond donors (Lipinski definition) is 1. The van der Waals surface area contributed by atoms with Crippen LogP contribution in [0.4, 0.5) is 5.69 Å². The molecule has 0 amide bonds. The predicted octanol–water partition coefficient (Wildman–Crippen LogP) is 1.69. The molecule has 0 bridgehead atoms. The lowest BCUT2D eigenvalue weighted by Gasteiger charge is -2.07. The smallest absolute Gasteiger partial charge is 0.240 e. The first kappa shape index (κ1) is 12.2. The molecule has 0 unspecified atom stereocenters. The second kappa shape index (κ2) is 5.86. The van der Waals surface area contributed by atoms with Crippen LogP contribution in [-0.2, 0) is 6.42 Å². The molecule has 0 atom stereocenters. The summed E-state index contributed by atoms with van der Waals surface area (Å²) in [6.45, 7) is 0.511. The van der Waals surface area contributed by atoms with Gasteiger partial charge >= 0.3 is 0 Å². The molecule has 5 nitrogen and oxygen atoms in total. The molecule has 0 aliphatic heterocycles. The number of methoxy groups -OCH3 is 1. The molecule has 0 spiro atoms. The van der Waals surface area contributed by atoms with E-state index in [0.717, 1.165) is 12.1 Å². The molecule has 0 aliphatic carbocycles. The van der Waals surface area contributed by atoms with Gasteiger partial charge in [0.2, 0.25) is 11.8 Å². The van der Waals surface area contributed by atoms with E-state index >= 15 is 0 Å². The average molecular weight is 245 g/mol. The van der Waals surface area contributed by atoms with Crippen molar-refractivity contribution < 1.29 is 9.47 Å². The Morgan fingerprint density at radius 1 is 1.22 bits per heavy atom. The molecule has 94 valence electrons. The minimum atomic E-state index is 0.380. The van der Waals surface area contributed by atoms with Crippen molar-refractivity contribution in [3.05, 3.63) is 42.2 Å². The number of hydrogen-bond acceptors (Lipinski definition) is 5. The highest BCUT2D eigenvalue weighted by molar-refractivity contribution is 5.49. The maximum absolute atomic E-state index is 5.67. The van der Waals surface area contributed by atoms with Crippen molar-refractivity contribution in [3.8, 4) is 11.8 Å². The third kappa shape index (κ3) is 3.10. The predicted molar refractivity (Wildman–Crippen MR) is 68.6 cm³/mol. The van der Waals surface area contributed by atoms with Crippen LogP contribution in [0.5, 0.6) is 11.8 Å². The molecule has 5 heteroatoms. The van der Waals surface area contributed by atoms with Gasteiger partial charge < -0.3 is 15.2 Å². The van der Waals surface area contributed by atoms with Gasteiger partial charge in [0.15, 0.2) is 0 Å². The first-order valence-electron chi connectivity index (χ1n) is 5.63. The quantitative estimate of drug-likeness (QED) is 0.868. The highest BCUT2D eigenvalue weighted by atomic mass is 16.5. The lowest BCUT2D eigenvalue weighted by Crippen LogP contribution is -2.05. The number of nitrogens with zero attached hydrogens (tertiary/aromatic N) is 2. The Hall–Kier alpha value is -2.30.